The summed E-state index contributed by atoms with van der Waals surface area (Å²) in [6.45, 7) is 2.91. The average molecular weight is 309 g/mol. The van der Waals surface area contributed by atoms with Gasteiger partial charge in [0.25, 0.3) is 0 Å². The van der Waals surface area contributed by atoms with Crippen LogP contribution < -0.4 is 0 Å². The number of hydrogen-bond acceptors (Lipinski definition) is 4. The number of benzene rings is 1. The van der Waals surface area contributed by atoms with Gasteiger partial charge in [-0.1, -0.05) is 24.8 Å². The van der Waals surface area contributed by atoms with E-state index in [1.54, 1.807) is 24.3 Å². The second-order valence-electron chi connectivity index (χ2n) is 4.74. The Balaban J connectivity index is 2.34. The van der Waals surface area contributed by atoms with Crippen LogP contribution in [0.1, 0.15) is 18.9 Å². The van der Waals surface area contributed by atoms with Crippen molar-refractivity contribution in [1.29, 1.82) is 0 Å². The molecule has 0 aromatic heterocycles. The Morgan fingerprint density at radius 1 is 1.48 bits per heavy atom. The van der Waals surface area contributed by atoms with Crippen LogP contribution in [0.4, 0.5) is 0 Å². The fraction of sp³-hybridized carbons (Fsp3) is 0.467. The lowest BCUT2D eigenvalue weighted by Crippen LogP contribution is -2.48. The van der Waals surface area contributed by atoms with Crippen molar-refractivity contribution in [3.05, 3.63) is 29.8 Å². The minimum Gasteiger partial charge on any atom is -0.384 e. The first-order chi connectivity index (χ1) is 10.1. The summed E-state index contributed by atoms with van der Waals surface area (Å²) in [5, 5.41) is 8.71. The molecule has 1 atom stereocenters. The van der Waals surface area contributed by atoms with Crippen LogP contribution >= 0.6 is 0 Å². The number of ether oxygens (including phenoxy) is 1. The monoisotopic (exact) mass is 309 g/mol. The van der Waals surface area contributed by atoms with Crippen molar-refractivity contribution in [2.75, 3.05) is 26.4 Å². The Labute approximate surface area is 125 Å². The number of nitrogens with zero attached hydrogens (tertiary/aromatic N) is 1. The van der Waals surface area contributed by atoms with E-state index >= 15 is 0 Å². The van der Waals surface area contributed by atoms with Crippen LogP contribution in [0.3, 0.4) is 0 Å². The zero-order chi connectivity index (χ0) is 15.3. The van der Waals surface area contributed by atoms with Crippen LogP contribution in [0, 0.1) is 11.8 Å². The molecule has 1 aliphatic rings. The highest BCUT2D eigenvalue weighted by molar-refractivity contribution is 7.89. The van der Waals surface area contributed by atoms with E-state index in [-0.39, 0.29) is 17.5 Å². The molecule has 21 heavy (non-hydrogen) atoms. The van der Waals surface area contributed by atoms with Crippen LogP contribution in [0.15, 0.2) is 29.2 Å². The van der Waals surface area contributed by atoms with Gasteiger partial charge in [-0.2, -0.15) is 4.31 Å². The number of aliphatic hydroxyl groups is 1. The summed E-state index contributed by atoms with van der Waals surface area (Å²) < 4.78 is 32.4. The minimum absolute atomic E-state index is 0.129. The third-order valence-corrected chi connectivity index (χ3v) is 5.35. The first kappa shape index (κ1) is 16.0. The van der Waals surface area contributed by atoms with Gasteiger partial charge in [0.1, 0.15) is 6.61 Å². The SMILES string of the molecule is CCC1COCCN1S(=O)(=O)c1cccc(C#CCO)c1. The fourth-order valence-corrected chi connectivity index (χ4v) is 4.00. The van der Waals surface area contributed by atoms with Crippen molar-refractivity contribution in [2.45, 2.75) is 24.3 Å². The molecule has 0 spiro atoms. The lowest BCUT2D eigenvalue weighted by Gasteiger charge is -2.34. The molecule has 1 unspecified atom stereocenters. The Hall–Kier alpha value is -1.39. The van der Waals surface area contributed by atoms with Gasteiger partial charge in [0.2, 0.25) is 10.0 Å². The summed E-state index contributed by atoms with van der Waals surface area (Å²) in [6, 6.07) is 6.37. The molecule has 6 heteroatoms. The molecule has 1 saturated heterocycles. The van der Waals surface area contributed by atoms with Crippen LogP contribution in [-0.4, -0.2) is 50.2 Å². The Morgan fingerprint density at radius 2 is 2.29 bits per heavy atom. The molecule has 1 aliphatic heterocycles. The van der Waals surface area contributed by atoms with Crippen LogP contribution in [0.25, 0.3) is 0 Å². The Kier molecular flexibility index (Phi) is 5.37. The highest BCUT2D eigenvalue weighted by Crippen LogP contribution is 2.22. The summed E-state index contributed by atoms with van der Waals surface area (Å²) in [7, 11) is -3.55. The Bertz CT molecular complexity index is 645. The maximum absolute atomic E-state index is 12.8. The lowest BCUT2D eigenvalue weighted by atomic mass is 10.2. The summed E-state index contributed by atoms with van der Waals surface area (Å²) >= 11 is 0. The fourth-order valence-electron chi connectivity index (χ4n) is 2.29. The van der Waals surface area contributed by atoms with Gasteiger partial charge in [-0.05, 0) is 24.6 Å². The molecule has 1 aromatic rings. The van der Waals surface area contributed by atoms with Gasteiger partial charge in [-0.3, -0.25) is 0 Å². The quantitative estimate of drug-likeness (QED) is 0.840. The van der Waals surface area contributed by atoms with Crippen molar-refractivity contribution in [1.82, 2.24) is 4.31 Å². The first-order valence-electron chi connectivity index (χ1n) is 6.89. The van der Waals surface area contributed by atoms with E-state index in [9.17, 15) is 8.42 Å². The second kappa shape index (κ2) is 7.05. The molecular weight excluding hydrogens is 290 g/mol. The zero-order valence-corrected chi connectivity index (χ0v) is 12.8. The molecule has 0 saturated carbocycles. The molecule has 2 rings (SSSR count). The molecule has 0 aliphatic carbocycles. The highest BCUT2D eigenvalue weighted by atomic mass is 32.2. The molecule has 0 radical (unpaired) electrons. The first-order valence-corrected chi connectivity index (χ1v) is 8.33. The smallest absolute Gasteiger partial charge is 0.243 e. The van der Waals surface area contributed by atoms with Crippen LogP contribution in [0.5, 0.6) is 0 Å². The summed E-state index contributed by atoms with van der Waals surface area (Å²) in [6.07, 6.45) is 0.712. The van der Waals surface area contributed by atoms with Gasteiger partial charge in [-0.15, -0.1) is 0 Å². The van der Waals surface area contributed by atoms with Gasteiger partial charge < -0.3 is 9.84 Å². The minimum atomic E-state index is -3.55. The molecular formula is C15H19NO4S. The number of hydrogen-bond donors (Lipinski definition) is 1. The van der Waals surface area contributed by atoms with Crippen molar-refractivity contribution in [3.63, 3.8) is 0 Å². The predicted molar refractivity (Wildman–Crippen MR) is 79.2 cm³/mol. The van der Waals surface area contributed by atoms with Crippen molar-refractivity contribution in [2.24, 2.45) is 0 Å². The third kappa shape index (κ3) is 3.63. The largest absolute Gasteiger partial charge is 0.384 e. The topological polar surface area (TPSA) is 66.8 Å². The van der Waals surface area contributed by atoms with Crippen LogP contribution in [0.2, 0.25) is 0 Å². The van der Waals surface area contributed by atoms with Gasteiger partial charge in [0.15, 0.2) is 0 Å². The number of sulfonamides is 1. The van der Waals surface area contributed by atoms with E-state index < -0.39 is 10.0 Å². The Morgan fingerprint density at radius 3 is 3.00 bits per heavy atom. The van der Waals surface area contributed by atoms with Gasteiger partial charge in [0, 0.05) is 18.2 Å². The average Bonchev–Trinajstić information content (AvgIpc) is 2.53. The number of aliphatic hydroxyl groups excluding tert-OH is 1. The number of morpholine rings is 1. The van der Waals surface area contributed by atoms with E-state index in [1.807, 2.05) is 6.92 Å². The summed E-state index contributed by atoms with van der Waals surface area (Å²) in [5.41, 5.74) is 0.575. The van der Waals surface area contributed by atoms with E-state index in [0.717, 1.165) is 0 Å². The maximum atomic E-state index is 12.8. The maximum Gasteiger partial charge on any atom is 0.243 e. The predicted octanol–water partition coefficient (Wildman–Crippen LogP) is 0.830. The molecule has 1 aromatic carbocycles. The zero-order valence-electron chi connectivity index (χ0n) is 11.9. The molecule has 114 valence electrons. The van der Waals surface area contributed by atoms with Gasteiger partial charge in [0.05, 0.1) is 18.1 Å². The second-order valence-corrected chi connectivity index (χ2v) is 6.63. The van der Waals surface area contributed by atoms with E-state index in [4.69, 9.17) is 9.84 Å². The standard InChI is InChI=1S/C15H19NO4S/c1-2-14-12-20-10-8-16(14)21(18,19)15-7-3-5-13(11-15)6-4-9-17/h3,5,7,11,14,17H,2,8-10,12H2,1H3. The molecule has 0 amide bonds. The van der Waals surface area contributed by atoms with E-state index in [0.29, 0.717) is 31.7 Å². The van der Waals surface area contributed by atoms with Gasteiger partial charge >= 0.3 is 0 Å². The molecule has 1 fully saturated rings. The van der Waals surface area contributed by atoms with Crippen molar-refractivity contribution in [3.8, 4) is 11.8 Å². The normalized spacial score (nSPS) is 19.8. The third-order valence-electron chi connectivity index (χ3n) is 3.40. The number of rotatable bonds is 3. The summed E-state index contributed by atoms with van der Waals surface area (Å²) in [5.74, 6) is 5.25. The van der Waals surface area contributed by atoms with Gasteiger partial charge in [-0.25, -0.2) is 8.42 Å². The highest BCUT2D eigenvalue weighted by Gasteiger charge is 2.33. The molecule has 5 nitrogen and oxygen atoms in total. The van der Waals surface area contributed by atoms with Crippen molar-refractivity contribution >= 4 is 10.0 Å². The van der Waals surface area contributed by atoms with E-state index in [2.05, 4.69) is 11.8 Å². The molecule has 1 heterocycles. The molecule has 1 N–H and O–H groups in total. The summed E-state index contributed by atoms with van der Waals surface area (Å²) in [4.78, 5) is 0.229. The van der Waals surface area contributed by atoms with Crippen molar-refractivity contribution < 1.29 is 18.3 Å². The molecule has 0 bridgehead atoms. The van der Waals surface area contributed by atoms with E-state index in [1.165, 1.54) is 4.31 Å². The lowest BCUT2D eigenvalue weighted by molar-refractivity contribution is 0.0314. The van der Waals surface area contributed by atoms with Crippen LogP contribution in [-0.2, 0) is 14.8 Å².